The molecule has 1 saturated heterocycles. The molecule has 0 bridgehead atoms. The van der Waals surface area contributed by atoms with Crippen LogP contribution < -0.4 is 5.32 Å². The predicted molar refractivity (Wildman–Crippen MR) is 106 cm³/mol. The summed E-state index contributed by atoms with van der Waals surface area (Å²) in [5, 5.41) is 12.4. The summed E-state index contributed by atoms with van der Waals surface area (Å²) in [4.78, 5) is 42.6. The molecule has 1 aliphatic heterocycles. The van der Waals surface area contributed by atoms with E-state index < -0.39 is 11.4 Å². The molecule has 1 aliphatic rings. The number of carboxylic acids is 1. The van der Waals surface area contributed by atoms with E-state index in [0.717, 1.165) is 0 Å². The third-order valence-corrected chi connectivity index (χ3v) is 5.03. The van der Waals surface area contributed by atoms with Crippen LogP contribution in [0.25, 0.3) is 0 Å². The number of hydrogen-bond donors (Lipinski definition) is 2. The van der Waals surface area contributed by atoms with Crippen LogP contribution in [0.1, 0.15) is 33.6 Å². The van der Waals surface area contributed by atoms with Crippen molar-refractivity contribution in [2.75, 3.05) is 32.1 Å². The van der Waals surface area contributed by atoms with Gasteiger partial charge in [0.15, 0.2) is 0 Å². The van der Waals surface area contributed by atoms with Crippen LogP contribution in [0.3, 0.4) is 0 Å². The molecule has 0 spiro atoms. The first-order valence-electron chi connectivity index (χ1n) is 9.28. The molecular formula is C21H23N3O5. The van der Waals surface area contributed by atoms with Gasteiger partial charge in [-0.05, 0) is 43.2 Å². The smallest absolute Gasteiger partial charge is 0.313 e. The van der Waals surface area contributed by atoms with E-state index in [1.807, 2.05) is 0 Å². The molecule has 8 heteroatoms. The Hall–Kier alpha value is -3.26. The average molecular weight is 397 g/mol. The number of aliphatic carboxylic acids is 1. The lowest BCUT2D eigenvalue weighted by Gasteiger charge is -2.39. The molecule has 0 saturated carbocycles. The number of pyridine rings is 1. The minimum Gasteiger partial charge on any atom is -0.481 e. The molecule has 8 nitrogen and oxygen atoms in total. The topological polar surface area (TPSA) is 109 Å². The zero-order valence-corrected chi connectivity index (χ0v) is 16.1. The normalized spacial score (nSPS) is 18.9. The number of hydrogen-bond acceptors (Lipinski definition) is 5. The van der Waals surface area contributed by atoms with E-state index in [4.69, 9.17) is 4.74 Å². The Kier molecular flexibility index (Phi) is 6.23. The largest absolute Gasteiger partial charge is 0.481 e. The van der Waals surface area contributed by atoms with Crippen molar-refractivity contribution in [3.63, 3.8) is 0 Å². The quantitative estimate of drug-likeness (QED) is 0.774. The molecule has 1 fully saturated rings. The number of benzene rings is 1. The Labute approximate surface area is 168 Å². The summed E-state index contributed by atoms with van der Waals surface area (Å²) in [6.45, 7) is 0.610. The number of piperidine rings is 1. The van der Waals surface area contributed by atoms with Crippen LogP contribution in [0, 0.1) is 5.41 Å². The fourth-order valence-electron chi connectivity index (χ4n) is 3.55. The molecule has 0 radical (unpaired) electrons. The van der Waals surface area contributed by atoms with Gasteiger partial charge in [-0.2, -0.15) is 0 Å². The molecule has 2 aromatic rings. The van der Waals surface area contributed by atoms with E-state index in [0.29, 0.717) is 36.2 Å². The van der Waals surface area contributed by atoms with Gasteiger partial charge in [-0.15, -0.1) is 0 Å². The van der Waals surface area contributed by atoms with Gasteiger partial charge >= 0.3 is 5.97 Å². The number of anilines is 1. The monoisotopic (exact) mass is 397 g/mol. The fourth-order valence-corrected chi connectivity index (χ4v) is 3.55. The van der Waals surface area contributed by atoms with Crippen molar-refractivity contribution in [2.24, 2.45) is 5.41 Å². The lowest BCUT2D eigenvalue weighted by atomic mass is 9.80. The standard InChI is InChI=1S/C21H23N3O5/c1-29-14-21(20(27)28)8-4-10-24(13-21)19(26)15-5-2-7-17(11-15)23-18(25)16-6-3-9-22-12-16/h2-3,5-7,9,11-12H,4,8,10,13-14H2,1H3,(H,23,25)(H,27,28). The summed E-state index contributed by atoms with van der Waals surface area (Å²) >= 11 is 0. The number of ether oxygens (including phenoxy) is 1. The molecule has 1 aromatic heterocycles. The highest BCUT2D eigenvalue weighted by Gasteiger charge is 2.44. The third kappa shape index (κ3) is 4.60. The molecule has 152 valence electrons. The van der Waals surface area contributed by atoms with E-state index >= 15 is 0 Å². The lowest BCUT2D eigenvalue weighted by Crippen LogP contribution is -2.52. The number of aromatic nitrogens is 1. The number of likely N-dealkylation sites (tertiary alicyclic amines) is 1. The summed E-state index contributed by atoms with van der Waals surface area (Å²) in [7, 11) is 1.46. The van der Waals surface area contributed by atoms with Gasteiger partial charge in [0.1, 0.15) is 5.41 Å². The maximum atomic E-state index is 13.0. The van der Waals surface area contributed by atoms with E-state index in [9.17, 15) is 19.5 Å². The van der Waals surface area contributed by atoms with E-state index in [1.165, 1.54) is 13.3 Å². The first-order chi connectivity index (χ1) is 13.9. The van der Waals surface area contributed by atoms with Crippen LogP contribution in [0.15, 0.2) is 48.8 Å². The second-order valence-electron chi connectivity index (χ2n) is 7.13. The van der Waals surface area contributed by atoms with Gasteiger partial charge in [-0.3, -0.25) is 19.4 Å². The summed E-state index contributed by atoms with van der Waals surface area (Å²) in [6.07, 6.45) is 4.08. The van der Waals surface area contributed by atoms with Crippen LogP contribution in [-0.2, 0) is 9.53 Å². The number of carbonyl (C=O) groups excluding carboxylic acids is 2. The van der Waals surface area contributed by atoms with Gasteiger partial charge in [0.05, 0.1) is 12.2 Å². The van der Waals surface area contributed by atoms with Crippen molar-refractivity contribution in [3.05, 3.63) is 59.9 Å². The lowest BCUT2D eigenvalue weighted by molar-refractivity contribution is -0.155. The highest BCUT2D eigenvalue weighted by atomic mass is 16.5. The molecule has 29 heavy (non-hydrogen) atoms. The van der Waals surface area contributed by atoms with Crippen molar-refractivity contribution in [1.82, 2.24) is 9.88 Å². The van der Waals surface area contributed by atoms with Crippen LogP contribution in [-0.4, -0.2) is 59.6 Å². The van der Waals surface area contributed by atoms with Crippen LogP contribution in [0.2, 0.25) is 0 Å². The Balaban J connectivity index is 1.75. The van der Waals surface area contributed by atoms with Gasteiger partial charge in [0, 0.05) is 43.8 Å². The average Bonchev–Trinajstić information content (AvgIpc) is 2.74. The Morgan fingerprint density at radius 3 is 2.72 bits per heavy atom. The number of amides is 2. The zero-order valence-electron chi connectivity index (χ0n) is 16.1. The highest BCUT2D eigenvalue weighted by molar-refractivity contribution is 6.05. The van der Waals surface area contributed by atoms with E-state index in [2.05, 4.69) is 10.3 Å². The molecule has 1 aromatic carbocycles. The first-order valence-corrected chi connectivity index (χ1v) is 9.28. The van der Waals surface area contributed by atoms with Crippen molar-refractivity contribution in [3.8, 4) is 0 Å². The molecule has 1 unspecified atom stereocenters. The van der Waals surface area contributed by atoms with Gasteiger partial charge in [-0.25, -0.2) is 0 Å². The fraction of sp³-hybridized carbons (Fsp3) is 0.333. The van der Waals surface area contributed by atoms with Crippen molar-refractivity contribution >= 4 is 23.5 Å². The molecule has 0 aliphatic carbocycles. The maximum Gasteiger partial charge on any atom is 0.313 e. The van der Waals surface area contributed by atoms with Crippen LogP contribution in [0.4, 0.5) is 5.69 Å². The zero-order chi connectivity index (χ0) is 20.9. The van der Waals surface area contributed by atoms with Crippen molar-refractivity contribution in [2.45, 2.75) is 12.8 Å². The van der Waals surface area contributed by atoms with Crippen LogP contribution >= 0.6 is 0 Å². The number of nitrogens with zero attached hydrogens (tertiary/aromatic N) is 2. The second-order valence-corrected chi connectivity index (χ2v) is 7.13. The molecule has 3 rings (SSSR count). The Morgan fingerprint density at radius 2 is 2.03 bits per heavy atom. The van der Waals surface area contributed by atoms with Gasteiger partial charge in [-0.1, -0.05) is 6.07 Å². The van der Waals surface area contributed by atoms with Gasteiger partial charge < -0.3 is 20.1 Å². The van der Waals surface area contributed by atoms with E-state index in [1.54, 1.807) is 47.5 Å². The SMILES string of the molecule is COCC1(C(=O)O)CCCN(C(=O)c2cccc(NC(=O)c3cccnc3)c2)C1. The third-order valence-electron chi connectivity index (χ3n) is 5.03. The minimum absolute atomic E-state index is 0.0489. The predicted octanol–water partition coefficient (Wildman–Crippen LogP) is 2.29. The minimum atomic E-state index is -1.10. The molecular weight excluding hydrogens is 374 g/mol. The van der Waals surface area contributed by atoms with Gasteiger partial charge in [0.2, 0.25) is 0 Å². The van der Waals surface area contributed by atoms with E-state index in [-0.39, 0.29) is 25.0 Å². The van der Waals surface area contributed by atoms with Crippen molar-refractivity contribution in [1.29, 1.82) is 0 Å². The number of rotatable bonds is 6. The number of methoxy groups -OCH3 is 1. The van der Waals surface area contributed by atoms with Gasteiger partial charge in [0.25, 0.3) is 11.8 Å². The molecule has 2 heterocycles. The first kappa shape index (κ1) is 20.5. The summed E-state index contributed by atoms with van der Waals surface area (Å²) < 4.78 is 5.11. The Morgan fingerprint density at radius 1 is 1.24 bits per heavy atom. The summed E-state index contributed by atoms with van der Waals surface area (Å²) in [5.74, 6) is -1.57. The number of nitrogens with one attached hydrogen (secondary N) is 1. The summed E-state index contributed by atoms with van der Waals surface area (Å²) in [6, 6.07) is 9.91. The summed E-state index contributed by atoms with van der Waals surface area (Å²) in [5.41, 5.74) is 0.163. The van der Waals surface area contributed by atoms with Crippen LogP contribution in [0.5, 0.6) is 0 Å². The molecule has 1 atom stereocenters. The number of carboxylic acid groups (broad SMARTS) is 1. The second kappa shape index (κ2) is 8.83. The Bertz CT molecular complexity index is 898. The number of carbonyl (C=O) groups is 3. The maximum absolute atomic E-state index is 13.0. The van der Waals surface area contributed by atoms with Crippen molar-refractivity contribution < 1.29 is 24.2 Å². The molecule has 2 amide bonds. The molecule has 2 N–H and O–H groups in total. The highest BCUT2D eigenvalue weighted by Crippen LogP contribution is 2.31.